The Kier molecular flexibility index (Phi) is 4.57. The highest BCUT2D eigenvalue weighted by atomic mass is 35.5. The van der Waals surface area contributed by atoms with Gasteiger partial charge in [-0.15, -0.1) is 0 Å². The number of amides is 1. The minimum Gasteiger partial charge on any atom is -0.495 e. The number of anilines is 1. The minimum atomic E-state index is -0.274. The van der Waals surface area contributed by atoms with Crippen LogP contribution >= 0.6 is 11.6 Å². The van der Waals surface area contributed by atoms with Crippen molar-refractivity contribution in [2.45, 2.75) is 0 Å². The van der Waals surface area contributed by atoms with Crippen LogP contribution in [0.5, 0.6) is 5.75 Å². The van der Waals surface area contributed by atoms with E-state index in [9.17, 15) is 4.79 Å². The quantitative estimate of drug-likeness (QED) is 0.450. The number of para-hydroxylation sites is 1. The van der Waals surface area contributed by atoms with Gasteiger partial charge in [-0.3, -0.25) is 4.79 Å². The summed E-state index contributed by atoms with van der Waals surface area (Å²) in [6, 6.07) is 18.7. The van der Waals surface area contributed by atoms with Crippen molar-refractivity contribution in [2.75, 3.05) is 12.4 Å². The molecule has 5 heteroatoms. The van der Waals surface area contributed by atoms with Gasteiger partial charge in [-0.05, 0) is 35.9 Å². The topological polar surface area (TPSA) is 51.5 Å². The SMILES string of the molecule is COc1cc2c(cc1NC(=O)/C=C/c1cccc(Cl)c1)oc1ccccc12. The Morgan fingerprint density at radius 2 is 1.89 bits per heavy atom. The minimum absolute atomic E-state index is 0.274. The van der Waals surface area contributed by atoms with Crippen molar-refractivity contribution in [3.8, 4) is 5.75 Å². The summed E-state index contributed by atoms with van der Waals surface area (Å²) in [4.78, 5) is 12.3. The van der Waals surface area contributed by atoms with Crippen molar-refractivity contribution in [3.63, 3.8) is 0 Å². The first kappa shape index (κ1) is 17.2. The lowest BCUT2D eigenvalue weighted by Crippen LogP contribution is -2.08. The van der Waals surface area contributed by atoms with Crippen LogP contribution in [0.4, 0.5) is 5.69 Å². The number of carbonyl (C=O) groups excluding carboxylic acids is 1. The van der Waals surface area contributed by atoms with Crippen molar-refractivity contribution in [3.05, 3.63) is 77.3 Å². The maximum atomic E-state index is 12.3. The molecule has 1 heterocycles. The molecule has 0 bridgehead atoms. The van der Waals surface area contributed by atoms with E-state index in [1.807, 2.05) is 42.5 Å². The molecular formula is C22H16ClNO3. The molecule has 1 aromatic heterocycles. The molecule has 0 unspecified atom stereocenters. The molecule has 0 atom stereocenters. The van der Waals surface area contributed by atoms with E-state index in [-0.39, 0.29) is 5.91 Å². The molecule has 0 saturated carbocycles. The Bertz CT molecular complexity index is 1180. The Hall–Kier alpha value is -3.24. The fourth-order valence-corrected chi connectivity index (χ4v) is 3.17. The highest BCUT2D eigenvalue weighted by molar-refractivity contribution is 6.30. The van der Waals surface area contributed by atoms with Gasteiger partial charge in [0.15, 0.2) is 0 Å². The second-order valence-corrected chi connectivity index (χ2v) is 6.46. The van der Waals surface area contributed by atoms with Gasteiger partial charge in [0, 0.05) is 27.9 Å². The van der Waals surface area contributed by atoms with Crippen LogP contribution in [0.15, 0.2) is 71.2 Å². The van der Waals surface area contributed by atoms with Crippen molar-refractivity contribution >= 4 is 51.2 Å². The Morgan fingerprint density at radius 3 is 2.70 bits per heavy atom. The lowest BCUT2D eigenvalue weighted by molar-refractivity contribution is -0.111. The largest absolute Gasteiger partial charge is 0.495 e. The molecule has 0 aliphatic rings. The fraction of sp³-hybridized carbons (Fsp3) is 0.0455. The van der Waals surface area contributed by atoms with Crippen molar-refractivity contribution in [1.29, 1.82) is 0 Å². The lowest BCUT2D eigenvalue weighted by Gasteiger charge is -2.09. The zero-order valence-corrected chi connectivity index (χ0v) is 15.3. The number of halogens is 1. The smallest absolute Gasteiger partial charge is 0.248 e. The van der Waals surface area contributed by atoms with E-state index in [4.69, 9.17) is 20.8 Å². The molecule has 4 rings (SSSR count). The highest BCUT2D eigenvalue weighted by Gasteiger charge is 2.13. The van der Waals surface area contributed by atoms with E-state index < -0.39 is 0 Å². The summed E-state index contributed by atoms with van der Waals surface area (Å²) in [6.45, 7) is 0. The van der Waals surface area contributed by atoms with Gasteiger partial charge in [-0.25, -0.2) is 0 Å². The standard InChI is InChI=1S/C22H16ClNO3/c1-26-21-12-17-16-7-2-3-8-19(16)27-20(17)13-18(21)24-22(25)10-9-14-5-4-6-15(23)11-14/h2-13H,1H3,(H,24,25)/b10-9+. The van der Waals surface area contributed by atoms with Crippen LogP contribution < -0.4 is 10.1 Å². The zero-order valence-electron chi connectivity index (χ0n) is 14.5. The molecule has 0 saturated heterocycles. The molecule has 27 heavy (non-hydrogen) atoms. The summed E-state index contributed by atoms with van der Waals surface area (Å²) in [7, 11) is 1.57. The summed E-state index contributed by atoms with van der Waals surface area (Å²) in [5.41, 5.74) is 2.87. The number of ether oxygens (including phenoxy) is 1. The van der Waals surface area contributed by atoms with Gasteiger partial charge in [0.05, 0.1) is 12.8 Å². The zero-order chi connectivity index (χ0) is 18.8. The number of fused-ring (bicyclic) bond motifs is 3. The Morgan fingerprint density at radius 1 is 1.04 bits per heavy atom. The summed E-state index contributed by atoms with van der Waals surface area (Å²) in [6.07, 6.45) is 3.15. The molecule has 1 N–H and O–H groups in total. The summed E-state index contributed by atoms with van der Waals surface area (Å²) in [5, 5.41) is 5.40. The molecular weight excluding hydrogens is 362 g/mol. The number of benzene rings is 3. The van der Waals surface area contributed by atoms with Gasteiger partial charge in [0.2, 0.25) is 5.91 Å². The van der Waals surface area contributed by atoms with Crippen molar-refractivity contribution < 1.29 is 13.9 Å². The number of hydrogen-bond acceptors (Lipinski definition) is 3. The molecule has 3 aromatic carbocycles. The second kappa shape index (κ2) is 7.17. The van der Waals surface area contributed by atoms with Crippen LogP contribution in [0, 0.1) is 0 Å². The maximum absolute atomic E-state index is 12.3. The number of rotatable bonds is 4. The third kappa shape index (κ3) is 3.52. The predicted octanol–water partition coefficient (Wildman–Crippen LogP) is 5.90. The number of furan rings is 1. The third-order valence-electron chi connectivity index (χ3n) is 4.23. The normalized spacial score (nSPS) is 11.3. The maximum Gasteiger partial charge on any atom is 0.248 e. The van der Waals surface area contributed by atoms with Gasteiger partial charge < -0.3 is 14.5 Å². The lowest BCUT2D eigenvalue weighted by atomic mass is 10.1. The van der Waals surface area contributed by atoms with E-state index in [2.05, 4.69) is 5.32 Å². The van der Waals surface area contributed by atoms with Crippen LogP contribution in [-0.4, -0.2) is 13.0 Å². The van der Waals surface area contributed by atoms with E-state index >= 15 is 0 Å². The molecule has 1 amide bonds. The van der Waals surface area contributed by atoms with E-state index in [1.165, 1.54) is 6.08 Å². The number of hydrogen-bond donors (Lipinski definition) is 1. The number of methoxy groups -OCH3 is 1. The van der Waals surface area contributed by atoms with Crippen LogP contribution in [0.3, 0.4) is 0 Å². The molecule has 0 aliphatic heterocycles. The first-order valence-electron chi connectivity index (χ1n) is 8.38. The number of nitrogens with one attached hydrogen (secondary N) is 1. The van der Waals surface area contributed by atoms with Crippen LogP contribution in [0.2, 0.25) is 5.02 Å². The molecule has 0 spiro atoms. The van der Waals surface area contributed by atoms with E-state index in [1.54, 1.807) is 31.4 Å². The fourth-order valence-electron chi connectivity index (χ4n) is 2.97. The molecule has 134 valence electrons. The van der Waals surface area contributed by atoms with Crippen LogP contribution in [-0.2, 0) is 4.79 Å². The molecule has 0 radical (unpaired) electrons. The van der Waals surface area contributed by atoms with Crippen LogP contribution in [0.1, 0.15) is 5.56 Å². The van der Waals surface area contributed by atoms with E-state index in [0.29, 0.717) is 22.0 Å². The molecule has 4 nitrogen and oxygen atoms in total. The van der Waals surface area contributed by atoms with Gasteiger partial charge in [-0.1, -0.05) is 41.9 Å². The average Bonchev–Trinajstić information content (AvgIpc) is 3.03. The number of carbonyl (C=O) groups is 1. The predicted molar refractivity (Wildman–Crippen MR) is 109 cm³/mol. The van der Waals surface area contributed by atoms with Gasteiger partial charge in [-0.2, -0.15) is 0 Å². The summed E-state index contributed by atoms with van der Waals surface area (Å²) >= 11 is 5.96. The van der Waals surface area contributed by atoms with Crippen LogP contribution in [0.25, 0.3) is 28.0 Å². The first-order chi connectivity index (χ1) is 13.1. The van der Waals surface area contributed by atoms with Gasteiger partial charge >= 0.3 is 0 Å². The van der Waals surface area contributed by atoms with Gasteiger partial charge in [0.25, 0.3) is 0 Å². The third-order valence-corrected chi connectivity index (χ3v) is 4.47. The molecule has 0 aliphatic carbocycles. The highest BCUT2D eigenvalue weighted by Crippen LogP contribution is 2.36. The summed E-state index contributed by atoms with van der Waals surface area (Å²) in [5.74, 6) is 0.294. The van der Waals surface area contributed by atoms with E-state index in [0.717, 1.165) is 21.9 Å². The van der Waals surface area contributed by atoms with Crippen molar-refractivity contribution in [1.82, 2.24) is 0 Å². The van der Waals surface area contributed by atoms with Gasteiger partial charge in [0.1, 0.15) is 16.9 Å². The van der Waals surface area contributed by atoms with Crippen molar-refractivity contribution in [2.24, 2.45) is 0 Å². The monoisotopic (exact) mass is 377 g/mol. The second-order valence-electron chi connectivity index (χ2n) is 6.02. The average molecular weight is 378 g/mol. The Labute approximate surface area is 161 Å². The first-order valence-corrected chi connectivity index (χ1v) is 8.76. The summed E-state index contributed by atoms with van der Waals surface area (Å²) < 4.78 is 11.3. The molecule has 0 fully saturated rings. The molecule has 4 aromatic rings. The Balaban J connectivity index is 1.64.